The Bertz CT molecular complexity index is 992. The highest BCUT2D eigenvalue weighted by molar-refractivity contribution is 5.33. The smallest absolute Gasteiger partial charge is 0.168 e. The van der Waals surface area contributed by atoms with Crippen LogP contribution >= 0.6 is 0 Å². The van der Waals surface area contributed by atoms with Crippen LogP contribution in [0.15, 0.2) is 30.3 Å². The van der Waals surface area contributed by atoms with E-state index < -0.39 is 17.5 Å². The molecule has 0 heterocycles. The van der Waals surface area contributed by atoms with Crippen LogP contribution < -0.4 is 9.47 Å². The lowest BCUT2D eigenvalue weighted by Gasteiger charge is -2.31. The maximum atomic E-state index is 15.2. The molecule has 4 rings (SSSR count). The lowest BCUT2D eigenvalue weighted by atomic mass is 9.75. The van der Waals surface area contributed by atoms with Crippen molar-refractivity contribution >= 4 is 0 Å². The molecule has 0 bridgehead atoms. The predicted molar refractivity (Wildman–Crippen MR) is 143 cm³/mol. The topological polar surface area (TPSA) is 18.5 Å². The van der Waals surface area contributed by atoms with Gasteiger partial charge in [0.1, 0.15) is 5.75 Å². The summed E-state index contributed by atoms with van der Waals surface area (Å²) in [4.78, 5) is 0. The van der Waals surface area contributed by atoms with Gasteiger partial charge in [-0.05, 0) is 105 Å². The van der Waals surface area contributed by atoms with E-state index in [1.54, 1.807) is 12.1 Å². The molecule has 2 aliphatic rings. The van der Waals surface area contributed by atoms with Crippen LogP contribution in [0.5, 0.6) is 11.5 Å². The molecule has 2 nitrogen and oxygen atoms in total. The van der Waals surface area contributed by atoms with Crippen LogP contribution in [0.4, 0.5) is 13.2 Å². The molecule has 0 aromatic heterocycles. The van der Waals surface area contributed by atoms with E-state index in [2.05, 4.69) is 6.92 Å². The minimum absolute atomic E-state index is 0.0244. The molecule has 0 spiro atoms. The van der Waals surface area contributed by atoms with E-state index in [9.17, 15) is 4.39 Å². The van der Waals surface area contributed by atoms with Gasteiger partial charge in [0.25, 0.3) is 0 Å². The highest BCUT2D eigenvalue weighted by atomic mass is 19.2. The summed E-state index contributed by atoms with van der Waals surface area (Å²) in [6.07, 6.45) is 12.6. The first-order valence-electron chi connectivity index (χ1n) is 14.5. The Kier molecular flexibility index (Phi) is 10.2. The Labute approximate surface area is 220 Å². The highest BCUT2D eigenvalue weighted by Gasteiger charge is 2.30. The zero-order chi connectivity index (χ0) is 26.2. The molecular formula is C32H43F3O2. The van der Waals surface area contributed by atoms with Crippen LogP contribution in [0.2, 0.25) is 0 Å². The largest absolute Gasteiger partial charge is 0.494 e. The van der Waals surface area contributed by atoms with Crippen molar-refractivity contribution < 1.29 is 22.6 Å². The third kappa shape index (κ3) is 7.23. The molecule has 37 heavy (non-hydrogen) atoms. The molecule has 2 aliphatic carbocycles. The molecule has 0 saturated heterocycles. The van der Waals surface area contributed by atoms with Crippen LogP contribution in [0.3, 0.4) is 0 Å². The van der Waals surface area contributed by atoms with Gasteiger partial charge in [0.05, 0.1) is 13.2 Å². The van der Waals surface area contributed by atoms with Gasteiger partial charge in [0, 0.05) is 6.07 Å². The van der Waals surface area contributed by atoms with Crippen LogP contribution in [0, 0.1) is 29.3 Å². The summed E-state index contributed by atoms with van der Waals surface area (Å²) in [7, 11) is 0. The van der Waals surface area contributed by atoms with Crippen molar-refractivity contribution in [1.29, 1.82) is 0 Å². The minimum Gasteiger partial charge on any atom is -0.494 e. The number of hydrogen-bond donors (Lipinski definition) is 0. The number of benzene rings is 2. The Morgan fingerprint density at radius 1 is 0.703 bits per heavy atom. The van der Waals surface area contributed by atoms with Crippen molar-refractivity contribution in [2.75, 3.05) is 13.2 Å². The Morgan fingerprint density at radius 2 is 1.30 bits per heavy atom. The van der Waals surface area contributed by atoms with Crippen molar-refractivity contribution in [2.45, 2.75) is 103 Å². The van der Waals surface area contributed by atoms with Gasteiger partial charge in [-0.2, -0.15) is 0 Å². The molecule has 2 aromatic rings. The van der Waals surface area contributed by atoms with Gasteiger partial charge in [-0.1, -0.05) is 44.7 Å². The molecule has 5 heteroatoms. The fourth-order valence-corrected chi connectivity index (χ4v) is 6.36. The average Bonchev–Trinajstić information content (AvgIpc) is 2.91. The maximum absolute atomic E-state index is 15.2. The first kappa shape index (κ1) is 27.9. The van der Waals surface area contributed by atoms with Gasteiger partial charge in [-0.3, -0.25) is 0 Å². The van der Waals surface area contributed by atoms with Crippen LogP contribution in [0.25, 0.3) is 0 Å². The van der Waals surface area contributed by atoms with Crippen molar-refractivity contribution in [3.8, 4) is 11.5 Å². The number of halogens is 3. The van der Waals surface area contributed by atoms with E-state index >= 15 is 8.78 Å². The lowest BCUT2D eigenvalue weighted by Crippen LogP contribution is -2.21. The van der Waals surface area contributed by atoms with Crippen LogP contribution in [0.1, 0.15) is 114 Å². The van der Waals surface area contributed by atoms with Crippen molar-refractivity contribution in [3.63, 3.8) is 0 Å². The number of rotatable bonds is 11. The van der Waals surface area contributed by atoms with Gasteiger partial charge in [0.15, 0.2) is 23.2 Å². The molecule has 0 aliphatic heterocycles. The molecular weight excluding hydrogens is 473 g/mol. The molecule has 0 amide bonds. The Morgan fingerprint density at radius 3 is 1.84 bits per heavy atom. The van der Waals surface area contributed by atoms with Crippen molar-refractivity contribution in [2.24, 2.45) is 11.8 Å². The zero-order valence-electron chi connectivity index (χ0n) is 22.5. The molecule has 2 fully saturated rings. The lowest BCUT2D eigenvalue weighted by molar-refractivity contribution is 0.193. The van der Waals surface area contributed by atoms with E-state index in [0.29, 0.717) is 30.1 Å². The summed E-state index contributed by atoms with van der Waals surface area (Å²) < 4.78 is 55.8. The zero-order valence-corrected chi connectivity index (χ0v) is 22.5. The monoisotopic (exact) mass is 516 g/mol. The predicted octanol–water partition coefficient (Wildman–Crippen LogP) is 9.71. The summed E-state index contributed by atoms with van der Waals surface area (Å²) in [6, 6.07) is 8.36. The van der Waals surface area contributed by atoms with E-state index in [-0.39, 0.29) is 23.5 Å². The summed E-state index contributed by atoms with van der Waals surface area (Å²) in [6.45, 7) is 4.99. The first-order chi connectivity index (χ1) is 18.0. The average molecular weight is 517 g/mol. The van der Waals surface area contributed by atoms with Gasteiger partial charge in [0.2, 0.25) is 0 Å². The molecule has 0 N–H and O–H groups in total. The third-order valence-corrected chi connectivity index (χ3v) is 8.62. The number of unbranched alkanes of at least 4 members (excludes halogenated alkanes) is 2. The summed E-state index contributed by atoms with van der Waals surface area (Å²) >= 11 is 0. The van der Waals surface area contributed by atoms with Crippen LogP contribution in [-0.2, 0) is 0 Å². The number of hydrogen-bond acceptors (Lipinski definition) is 2. The molecule has 204 valence electrons. The molecule has 2 saturated carbocycles. The molecule has 0 atom stereocenters. The molecule has 2 aromatic carbocycles. The molecule has 0 radical (unpaired) electrons. The van der Waals surface area contributed by atoms with E-state index in [1.807, 2.05) is 19.1 Å². The fraction of sp³-hybridized carbons (Fsp3) is 0.625. The summed E-state index contributed by atoms with van der Waals surface area (Å²) in [5.74, 6) is 0.219. The second-order valence-corrected chi connectivity index (χ2v) is 11.1. The second-order valence-electron chi connectivity index (χ2n) is 11.1. The van der Waals surface area contributed by atoms with Gasteiger partial charge < -0.3 is 9.47 Å². The Balaban J connectivity index is 1.27. The van der Waals surface area contributed by atoms with E-state index in [4.69, 9.17) is 9.47 Å². The summed E-state index contributed by atoms with van der Waals surface area (Å²) in [5, 5.41) is 0. The fourth-order valence-electron chi connectivity index (χ4n) is 6.36. The van der Waals surface area contributed by atoms with Gasteiger partial charge >= 0.3 is 0 Å². The van der Waals surface area contributed by atoms with E-state index in [1.165, 1.54) is 31.7 Å². The first-order valence-corrected chi connectivity index (χ1v) is 14.5. The maximum Gasteiger partial charge on any atom is 0.168 e. The second kappa shape index (κ2) is 13.6. The SMILES string of the molecule is CCCCCC1CCC(c2ccc(C3CCC(COc4ccc(OCC)cc4F)CC3)c(F)c2F)CC1. The van der Waals surface area contributed by atoms with Gasteiger partial charge in [-0.15, -0.1) is 0 Å². The van der Waals surface area contributed by atoms with E-state index in [0.717, 1.165) is 57.3 Å². The van der Waals surface area contributed by atoms with Crippen molar-refractivity contribution in [1.82, 2.24) is 0 Å². The minimum atomic E-state index is -0.640. The normalized spacial score (nSPS) is 24.1. The third-order valence-electron chi connectivity index (χ3n) is 8.62. The standard InChI is InChI=1S/C32H43F3O2/c1-3-5-6-7-22-8-12-24(13-9-22)27-17-18-28(32(35)31(27)34)25-14-10-23(11-15-25)21-37-30-19-16-26(36-4-2)20-29(30)33/h16-20,22-25H,3-15,21H2,1-2H3. The van der Waals surface area contributed by atoms with Crippen molar-refractivity contribution in [3.05, 3.63) is 58.9 Å². The van der Waals surface area contributed by atoms with Gasteiger partial charge in [-0.25, -0.2) is 13.2 Å². The quantitative estimate of drug-likeness (QED) is 0.277. The van der Waals surface area contributed by atoms with Crippen LogP contribution in [-0.4, -0.2) is 13.2 Å². The summed E-state index contributed by atoms with van der Waals surface area (Å²) in [5.41, 5.74) is 1.10. The number of ether oxygens (including phenoxy) is 2. The Hall–Kier alpha value is -2.17. The highest BCUT2D eigenvalue weighted by Crippen LogP contribution is 2.42. The molecule has 0 unspecified atom stereocenters.